The van der Waals surface area contributed by atoms with E-state index < -0.39 is 0 Å². The fraction of sp³-hybridized carbons (Fsp3) is 0.733. The number of hydrogen-bond acceptors (Lipinski definition) is 3. The van der Waals surface area contributed by atoms with Crippen LogP contribution in [0.4, 0.5) is 0 Å². The molecular formula is C15H25N3. The Morgan fingerprint density at radius 1 is 1.11 bits per heavy atom. The molecule has 1 aliphatic rings. The van der Waals surface area contributed by atoms with E-state index in [2.05, 4.69) is 9.97 Å². The minimum Gasteiger partial charge on any atom is -0.328 e. The van der Waals surface area contributed by atoms with E-state index in [1.54, 1.807) is 0 Å². The zero-order valence-electron chi connectivity index (χ0n) is 11.4. The Bertz CT molecular complexity index is 337. The maximum Gasteiger partial charge on any atom is 0.131 e. The van der Waals surface area contributed by atoms with Gasteiger partial charge in [-0.2, -0.15) is 0 Å². The van der Waals surface area contributed by atoms with Gasteiger partial charge in [-0.1, -0.05) is 32.1 Å². The van der Waals surface area contributed by atoms with Gasteiger partial charge in [0.05, 0.1) is 0 Å². The number of rotatable bonds is 3. The van der Waals surface area contributed by atoms with Crippen molar-refractivity contribution in [1.29, 1.82) is 0 Å². The third-order valence-corrected chi connectivity index (χ3v) is 3.75. The molecular weight excluding hydrogens is 222 g/mol. The molecule has 1 aromatic heterocycles. The van der Waals surface area contributed by atoms with Gasteiger partial charge in [0.15, 0.2) is 0 Å². The number of nitrogens with zero attached hydrogens (tertiary/aromatic N) is 2. The molecule has 0 bridgehead atoms. The predicted octanol–water partition coefficient (Wildman–Crippen LogP) is 3.19. The monoisotopic (exact) mass is 247 g/mol. The fourth-order valence-corrected chi connectivity index (χ4v) is 2.77. The topological polar surface area (TPSA) is 51.8 Å². The Morgan fingerprint density at radius 2 is 1.67 bits per heavy atom. The van der Waals surface area contributed by atoms with E-state index >= 15 is 0 Å². The Labute approximate surface area is 110 Å². The summed E-state index contributed by atoms with van der Waals surface area (Å²) in [6, 6.07) is 0.181. The molecule has 0 radical (unpaired) electrons. The minimum atomic E-state index is 0.181. The van der Waals surface area contributed by atoms with Crippen LogP contribution in [0.5, 0.6) is 0 Å². The third kappa shape index (κ3) is 4.05. The SMILES string of the molecule is CC(N)Cc1cnc(C2CCCCCCC2)nc1. The van der Waals surface area contributed by atoms with Crippen LogP contribution in [0.15, 0.2) is 12.4 Å². The molecule has 0 spiro atoms. The third-order valence-electron chi connectivity index (χ3n) is 3.75. The van der Waals surface area contributed by atoms with E-state index in [-0.39, 0.29) is 6.04 Å². The van der Waals surface area contributed by atoms with Crippen molar-refractivity contribution in [1.82, 2.24) is 9.97 Å². The standard InChI is InChI=1S/C15H25N3/c1-12(16)9-13-10-17-15(18-11-13)14-7-5-3-2-4-6-8-14/h10-12,14H,2-9,16H2,1H3. The summed E-state index contributed by atoms with van der Waals surface area (Å²) < 4.78 is 0. The Hall–Kier alpha value is -0.960. The van der Waals surface area contributed by atoms with Gasteiger partial charge in [-0.05, 0) is 31.7 Å². The first-order chi connectivity index (χ1) is 8.75. The summed E-state index contributed by atoms with van der Waals surface area (Å²) in [5.74, 6) is 1.62. The van der Waals surface area contributed by atoms with E-state index in [4.69, 9.17) is 5.73 Å². The highest BCUT2D eigenvalue weighted by molar-refractivity contribution is 5.09. The Kier molecular flexibility index (Phi) is 5.12. The first-order valence-electron chi connectivity index (χ1n) is 7.32. The first-order valence-corrected chi connectivity index (χ1v) is 7.32. The fourth-order valence-electron chi connectivity index (χ4n) is 2.77. The summed E-state index contributed by atoms with van der Waals surface area (Å²) in [6.07, 6.45) is 14.1. The molecule has 100 valence electrons. The highest BCUT2D eigenvalue weighted by atomic mass is 14.9. The van der Waals surface area contributed by atoms with Crippen LogP contribution in [0, 0.1) is 0 Å². The predicted molar refractivity (Wildman–Crippen MR) is 74.4 cm³/mol. The first kappa shape index (κ1) is 13.5. The number of nitrogens with two attached hydrogens (primary N) is 1. The summed E-state index contributed by atoms with van der Waals surface area (Å²) in [6.45, 7) is 2.02. The van der Waals surface area contributed by atoms with Gasteiger partial charge in [-0.25, -0.2) is 9.97 Å². The zero-order valence-corrected chi connectivity index (χ0v) is 11.4. The molecule has 3 heteroatoms. The van der Waals surface area contributed by atoms with Crippen molar-refractivity contribution < 1.29 is 0 Å². The van der Waals surface area contributed by atoms with E-state index in [1.807, 2.05) is 19.3 Å². The molecule has 0 aromatic carbocycles. The lowest BCUT2D eigenvalue weighted by molar-refractivity contribution is 0.442. The maximum absolute atomic E-state index is 5.79. The van der Waals surface area contributed by atoms with Gasteiger partial charge >= 0.3 is 0 Å². The van der Waals surface area contributed by atoms with Crippen LogP contribution in [0.25, 0.3) is 0 Å². The van der Waals surface area contributed by atoms with Crippen molar-refractivity contribution in [2.45, 2.75) is 70.3 Å². The summed E-state index contributed by atoms with van der Waals surface area (Å²) in [7, 11) is 0. The molecule has 0 saturated heterocycles. The van der Waals surface area contributed by atoms with Gasteiger partial charge in [0.1, 0.15) is 5.82 Å². The van der Waals surface area contributed by atoms with Crippen LogP contribution < -0.4 is 5.73 Å². The van der Waals surface area contributed by atoms with Crippen molar-refractivity contribution in [2.24, 2.45) is 5.73 Å². The molecule has 1 atom stereocenters. The minimum absolute atomic E-state index is 0.181. The highest BCUT2D eigenvalue weighted by Crippen LogP contribution is 2.28. The zero-order chi connectivity index (χ0) is 12.8. The summed E-state index contributed by atoms with van der Waals surface area (Å²) >= 11 is 0. The normalized spacial score (nSPS) is 20.1. The Morgan fingerprint density at radius 3 is 2.22 bits per heavy atom. The second kappa shape index (κ2) is 6.83. The van der Waals surface area contributed by atoms with Gasteiger partial charge in [0.25, 0.3) is 0 Å². The molecule has 18 heavy (non-hydrogen) atoms. The molecule has 1 fully saturated rings. The molecule has 1 heterocycles. The maximum atomic E-state index is 5.79. The smallest absolute Gasteiger partial charge is 0.131 e. The van der Waals surface area contributed by atoms with Crippen molar-refractivity contribution in [2.75, 3.05) is 0 Å². The average Bonchev–Trinajstić information content (AvgIpc) is 2.29. The summed E-state index contributed by atoms with van der Waals surface area (Å²) in [5, 5.41) is 0. The van der Waals surface area contributed by atoms with E-state index in [1.165, 1.54) is 44.9 Å². The van der Waals surface area contributed by atoms with E-state index in [9.17, 15) is 0 Å². The lowest BCUT2D eigenvalue weighted by Gasteiger charge is -2.18. The number of hydrogen-bond donors (Lipinski definition) is 1. The Balaban J connectivity index is 1.98. The van der Waals surface area contributed by atoms with Crippen LogP contribution in [-0.4, -0.2) is 16.0 Å². The van der Waals surface area contributed by atoms with E-state index in [0.29, 0.717) is 5.92 Å². The second-order valence-electron chi connectivity index (χ2n) is 5.67. The van der Waals surface area contributed by atoms with Gasteiger partial charge in [0, 0.05) is 24.4 Å². The molecule has 1 saturated carbocycles. The van der Waals surface area contributed by atoms with Gasteiger partial charge in [-0.3, -0.25) is 0 Å². The molecule has 2 N–H and O–H groups in total. The quantitative estimate of drug-likeness (QED) is 0.892. The lowest BCUT2D eigenvalue weighted by Crippen LogP contribution is -2.18. The molecule has 1 aliphatic carbocycles. The molecule has 2 rings (SSSR count). The molecule has 1 aromatic rings. The van der Waals surface area contributed by atoms with E-state index in [0.717, 1.165) is 17.8 Å². The van der Waals surface area contributed by atoms with Crippen molar-refractivity contribution in [3.8, 4) is 0 Å². The van der Waals surface area contributed by atoms with Crippen LogP contribution >= 0.6 is 0 Å². The summed E-state index contributed by atoms with van der Waals surface area (Å²) in [5.41, 5.74) is 6.94. The van der Waals surface area contributed by atoms with Crippen LogP contribution in [0.2, 0.25) is 0 Å². The second-order valence-corrected chi connectivity index (χ2v) is 5.67. The molecule has 0 amide bonds. The molecule has 3 nitrogen and oxygen atoms in total. The largest absolute Gasteiger partial charge is 0.328 e. The molecule has 1 unspecified atom stereocenters. The van der Waals surface area contributed by atoms with Gasteiger partial charge in [-0.15, -0.1) is 0 Å². The van der Waals surface area contributed by atoms with Gasteiger partial charge < -0.3 is 5.73 Å². The van der Waals surface area contributed by atoms with Crippen LogP contribution in [0.3, 0.4) is 0 Å². The lowest BCUT2D eigenvalue weighted by atomic mass is 9.90. The summed E-state index contributed by atoms with van der Waals surface area (Å²) in [4.78, 5) is 9.12. The van der Waals surface area contributed by atoms with Crippen molar-refractivity contribution in [3.63, 3.8) is 0 Å². The van der Waals surface area contributed by atoms with Gasteiger partial charge in [0.2, 0.25) is 0 Å². The van der Waals surface area contributed by atoms with Crippen molar-refractivity contribution >= 4 is 0 Å². The average molecular weight is 247 g/mol. The van der Waals surface area contributed by atoms with Crippen LogP contribution in [0.1, 0.15) is 69.2 Å². The van der Waals surface area contributed by atoms with Crippen molar-refractivity contribution in [3.05, 3.63) is 23.8 Å². The molecule has 0 aliphatic heterocycles. The highest BCUT2D eigenvalue weighted by Gasteiger charge is 2.16. The number of aromatic nitrogens is 2. The van der Waals surface area contributed by atoms with Crippen LogP contribution in [-0.2, 0) is 6.42 Å².